The standard InChI is InChI=1S/C22H23ClFNO4S/c23-18-6-11-21(29-30(27,28)20-9-7-19(24)8-10-20)17(12-18)14-25(13-15-4-5-15)22(26)16-2-1-3-16/h6-12,15-16H,1-5,13-14H2. The maximum atomic E-state index is 13.2. The number of carbonyl (C=O) groups excluding carboxylic acids is 1. The van der Waals surface area contributed by atoms with Gasteiger partial charge in [-0.15, -0.1) is 0 Å². The summed E-state index contributed by atoms with van der Waals surface area (Å²) in [6.07, 6.45) is 5.07. The van der Waals surface area contributed by atoms with Crippen molar-refractivity contribution in [1.29, 1.82) is 0 Å². The number of amides is 1. The Labute approximate surface area is 180 Å². The van der Waals surface area contributed by atoms with E-state index >= 15 is 0 Å². The van der Waals surface area contributed by atoms with Crippen LogP contribution in [0.3, 0.4) is 0 Å². The van der Waals surface area contributed by atoms with E-state index < -0.39 is 15.9 Å². The van der Waals surface area contributed by atoms with Crippen LogP contribution in [0.5, 0.6) is 5.75 Å². The van der Waals surface area contributed by atoms with Gasteiger partial charge in [0.25, 0.3) is 0 Å². The van der Waals surface area contributed by atoms with Gasteiger partial charge in [0.1, 0.15) is 16.5 Å². The molecule has 0 radical (unpaired) electrons. The summed E-state index contributed by atoms with van der Waals surface area (Å²) in [5.74, 6) is 0.244. The van der Waals surface area contributed by atoms with E-state index in [1.54, 1.807) is 12.1 Å². The minimum atomic E-state index is -4.16. The van der Waals surface area contributed by atoms with E-state index in [0.29, 0.717) is 23.0 Å². The average molecular weight is 452 g/mol. The summed E-state index contributed by atoms with van der Waals surface area (Å²) in [5.41, 5.74) is 0.529. The molecule has 8 heteroatoms. The number of nitrogens with zero attached hydrogens (tertiary/aromatic N) is 1. The number of hydrogen-bond donors (Lipinski definition) is 0. The Bertz CT molecular complexity index is 1030. The van der Waals surface area contributed by atoms with Gasteiger partial charge < -0.3 is 9.08 Å². The zero-order valence-corrected chi connectivity index (χ0v) is 18.0. The molecule has 0 atom stereocenters. The van der Waals surface area contributed by atoms with Gasteiger partial charge in [0.05, 0.1) is 0 Å². The summed E-state index contributed by atoms with van der Waals surface area (Å²) in [4.78, 5) is 14.6. The highest BCUT2D eigenvalue weighted by molar-refractivity contribution is 7.87. The van der Waals surface area contributed by atoms with Crippen molar-refractivity contribution in [1.82, 2.24) is 4.90 Å². The van der Waals surface area contributed by atoms with Gasteiger partial charge >= 0.3 is 10.1 Å². The van der Waals surface area contributed by atoms with Crippen molar-refractivity contribution in [2.75, 3.05) is 6.54 Å². The molecule has 0 N–H and O–H groups in total. The van der Waals surface area contributed by atoms with E-state index in [4.69, 9.17) is 15.8 Å². The summed E-state index contributed by atoms with van der Waals surface area (Å²) in [5, 5.41) is 0.430. The van der Waals surface area contributed by atoms with Gasteiger partial charge in [-0.3, -0.25) is 4.79 Å². The second kappa shape index (κ2) is 8.55. The molecule has 2 aliphatic carbocycles. The number of carbonyl (C=O) groups is 1. The van der Waals surface area contributed by atoms with Crippen molar-refractivity contribution in [2.24, 2.45) is 11.8 Å². The Kier molecular flexibility index (Phi) is 6.02. The molecule has 0 saturated heterocycles. The molecule has 0 heterocycles. The van der Waals surface area contributed by atoms with Gasteiger partial charge in [-0.2, -0.15) is 8.42 Å². The molecule has 0 bridgehead atoms. The molecule has 0 spiro atoms. The summed E-state index contributed by atoms with van der Waals surface area (Å²) >= 11 is 6.15. The Morgan fingerprint density at radius 1 is 1.10 bits per heavy atom. The van der Waals surface area contributed by atoms with Gasteiger partial charge in [-0.05, 0) is 74.1 Å². The van der Waals surface area contributed by atoms with E-state index in [1.807, 2.05) is 4.90 Å². The maximum absolute atomic E-state index is 13.2. The molecule has 2 aromatic rings. The lowest BCUT2D eigenvalue weighted by molar-refractivity contribution is -0.139. The first-order valence-electron chi connectivity index (χ1n) is 10.1. The third-order valence-electron chi connectivity index (χ3n) is 5.63. The first kappa shape index (κ1) is 21.1. The fraction of sp³-hybridized carbons (Fsp3) is 0.409. The molecule has 2 saturated carbocycles. The Hall–Kier alpha value is -2.12. The van der Waals surface area contributed by atoms with Gasteiger partial charge in [-0.25, -0.2) is 4.39 Å². The molecule has 160 valence electrons. The maximum Gasteiger partial charge on any atom is 0.339 e. The molecule has 30 heavy (non-hydrogen) atoms. The highest BCUT2D eigenvalue weighted by atomic mass is 35.5. The molecular weight excluding hydrogens is 429 g/mol. The molecule has 5 nitrogen and oxygen atoms in total. The quantitative estimate of drug-likeness (QED) is 0.541. The Morgan fingerprint density at radius 3 is 2.40 bits per heavy atom. The number of halogens is 2. The first-order chi connectivity index (χ1) is 14.3. The van der Waals surface area contributed by atoms with E-state index in [2.05, 4.69) is 0 Å². The van der Waals surface area contributed by atoms with Gasteiger partial charge in [-0.1, -0.05) is 18.0 Å². The predicted molar refractivity (Wildman–Crippen MR) is 111 cm³/mol. The molecule has 0 unspecified atom stereocenters. The van der Waals surface area contributed by atoms with Gasteiger partial charge in [0.2, 0.25) is 5.91 Å². The lowest BCUT2D eigenvalue weighted by atomic mass is 9.84. The van der Waals surface area contributed by atoms with E-state index in [9.17, 15) is 17.6 Å². The van der Waals surface area contributed by atoms with Crippen LogP contribution in [0, 0.1) is 17.7 Å². The third kappa shape index (κ3) is 4.95. The smallest absolute Gasteiger partial charge is 0.339 e. The van der Waals surface area contributed by atoms with Crippen molar-refractivity contribution in [3.8, 4) is 5.75 Å². The Balaban J connectivity index is 1.58. The topological polar surface area (TPSA) is 63.7 Å². The van der Waals surface area contributed by atoms with Gasteiger partial charge in [0, 0.05) is 29.6 Å². The molecular formula is C22H23ClFNO4S. The monoisotopic (exact) mass is 451 g/mol. The third-order valence-corrected chi connectivity index (χ3v) is 7.11. The van der Waals surface area contributed by atoms with Crippen LogP contribution in [0.25, 0.3) is 0 Å². The van der Waals surface area contributed by atoms with Crippen molar-refractivity contribution in [3.05, 3.63) is 58.9 Å². The predicted octanol–water partition coefficient (Wildman–Crippen LogP) is 4.79. The first-order valence-corrected chi connectivity index (χ1v) is 11.9. The molecule has 0 aromatic heterocycles. The highest BCUT2D eigenvalue weighted by Gasteiger charge is 2.33. The van der Waals surface area contributed by atoms with Crippen molar-refractivity contribution < 1.29 is 21.8 Å². The fourth-order valence-electron chi connectivity index (χ4n) is 3.48. The Morgan fingerprint density at radius 2 is 1.80 bits per heavy atom. The SMILES string of the molecule is O=C(C1CCC1)N(Cc1cc(Cl)ccc1OS(=O)(=O)c1ccc(F)cc1)CC1CC1. The second-order valence-corrected chi connectivity index (χ2v) is 10.0. The van der Waals surface area contributed by atoms with Gasteiger partial charge in [0.15, 0.2) is 0 Å². The zero-order chi connectivity index (χ0) is 21.3. The average Bonchev–Trinajstić information content (AvgIpc) is 3.46. The minimum absolute atomic E-state index is 0.0512. The van der Waals surface area contributed by atoms with Crippen LogP contribution in [0.2, 0.25) is 5.02 Å². The van der Waals surface area contributed by atoms with Crippen LogP contribution in [0.1, 0.15) is 37.7 Å². The molecule has 2 aromatic carbocycles. The van der Waals surface area contributed by atoms with Crippen LogP contribution in [-0.4, -0.2) is 25.8 Å². The zero-order valence-electron chi connectivity index (χ0n) is 16.4. The van der Waals surface area contributed by atoms with Crippen LogP contribution in [0.4, 0.5) is 4.39 Å². The number of benzene rings is 2. The van der Waals surface area contributed by atoms with Crippen molar-refractivity contribution >= 4 is 27.6 Å². The van der Waals surface area contributed by atoms with Crippen LogP contribution < -0.4 is 4.18 Å². The molecule has 4 rings (SSSR count). The van der Waals surface area contributed by atoms with E-state index in [1.165, 1.54) is 6.07 Å². The second-order valence-electron chi connectivity index (χ2n) is 8.03. The molecule has 1 amide bonds. The van der Waals surface area contributed by atoms with E-state index in [0.717, 1.165) is 56.4 Å². The van der Waals surface area contributed by atoms with Crippen molar-refractivity contribution in [2.45, 2.75) is 43.5 Å². The van der Waals surface area contributed by atoms with Crippen LogP contribution in [0.15, 0.2) is 47.4 Å². The summed E-state index contributed by atoms with van der Waals surface area (Å²) in [6, 6.07) is 9.09. The summed E-state index contributed by atoms with van der Waals surface area (Å²) in [6.45, 7) is 0.895. The normalized spacial score (nSPS) is 16.7. The van der Waals surface area contributed by atoms with E-state index in [-0.39, 0.29) is 29.0 Å². The van der Waals surface area contributed by atoms with Crippen LogP contribution in [-0.2, 0) is 21.5 Å². The molecule has 2 fully saturated rings. The molecule has 0 aliphatic heterocycles. The summed E-state index contributed by atoms with van der Waals surface area (Å²) < 4.78 is 43.8. The van der Waals surface area contributed by atoms with Crippen molar-refractivity contribution in [3.63, 3.8) is 0 Å². The van der Waals surface area contributed by atoms with Crippen LogP contribution >= 0.6 is 11.6 Å². The lowest BCUT2D eigenvalue weighted by Gasteiger charge is -2.32. The number of rotatable bonds is 8. The number of hydrogen-bond acceptors (Lipinski definition) is 4. The highest BCUT2D eigenvalue weighted by Crippen LogP contribution is 2.35. The fourth-order valence-corrected chi connectivity index (χ4v) is 4.64. The largest absolute Gasteiger partial charge is 0.379 e. The summed E-state index contributed by atoms with van der Waals surface area (Å²) in [7, 11) is -4.16. The molecule has 2 aliphatic rings. The lowest BCUT2D eigenvalue weighted by Crippen LogP contribution is -2.39. The minimum Gasteiger partial charge on any atom is -0.379 e.